The minimum absolute atomic E-state index is 0.0186. The molecule has 1 rings (SSSR count). The number of nitrogens with zero attached hydrogens (tertiary/aromatic N) is 1. The molecule has 1 atom stereocenters. The van der Waals surface area contributed by atoms with Crippen LogP contribution < -0.4 is 5.73 Å². The van der Waals surface area contributed by atoms with E-state index in [1.54, 1.807) is 19.1 Å². The minimum Gasteiger partial charge on any atom is -0.385 e. The molecule has 0 radical (unpaired) electrons. The van der Waals surface area contributed by atoms with Gasteiger partial charge in [0.25, 0.3) is 0 Å². The van der Waals surface area contributed by atoms with Gasteiger partial charge in [0.1, 0.15) is 0 Å². The highest BCUT2D eigenvalue weighted by atomic mass is 16.5. The lowest BCUT2D eigenvalue weighted by Crippen LogP contribution is -2.50. The summed E-state index contributed by atoms with van der Waals surface area (Å²) in [6.07, 6.45) is 2.54. The van der Waals surface area contributed by atoms with Gasteiger partial charge in [-0.05, 0) is 25.2 Å². The molecule has 1 amide bonds. The van der Waals surface area contributed by atoms with Crippen LogP contribution in [0.15, 0.2) is 0 Å². The summed E-state index contributed by atoms with van der Waals surface area (Å²) >= 11 is 0. The Kier molecular flexibility index (Phi) is 8.77. The van der Waals surface area contributed by atoms with E-state index >= 15 is 0 Å². The second-order valence-electron chi connectivity index (χ2n) is 5.14. The van der Waals surface area contributed by atoms with E-state index in [1.165, 1.54) is 0 Å². The number of methoxy groups -OCH3 is 2. The van der Waals surface area contributed by atoms with Crippen molar-refractivity contribution in [2.24, 2.45) is 11.7 Å². The van der Waals surface area contributed by atoms with E-state index in [1.807, 2.05) is 0 Å². The van der Waals surface area contributed by atoms with Gasteiger partial charge in [0.2, 0.25) is 5.91 Å². The summed E-state index contributed by atoms with van der Waals surface area (Å²) in [5.74, 6) is 0.244. The summed E-state index contributed by atoms with van der Waals surface area (Å²) in [6.45, 7) is 3.81. The number of ether oxygens (including phenoxy) is 3. The summed E-state index contributed by atoms with van der Waals surface area (Å²) in [6, 6.07) is -0.432. The third-order valence-corrected chi connectivity index (χ3v) is 3.71. The molecule has 1 heterocycles. The smallest absolute Gasteiger partial charge is 0.239 e. The fourth-order valence-electron chi connectivity index (χ4n) is 2.42. The van der Waals surface area contributed by atoms with Crippen LogP contribution in [0.2, 0.25) is 0 Å². The van der Waals surface area contributed by atoms with E-state index in [-0.39, 0.29) is 11.8 Å². The van der Waals surface area contributed by atoms with Crippen LogP contribution >= 0.6 is 0 Å². The molecule has 0 aliphatic carbocycles. The molecule has 1 saturated heterocycles. The Bertz CT molecular complexity index is 270. The molecule has 20 heavy (non-hydrogen) atoms. The molecule has 0 aromatic rings. The standard InChI is InChI=1S/C14H28N2O4/c1-18-8-3-6-16(7-11-19-2)14(17)13(15)12-4-9-20-10-5-12/h12-13H,3-11,15H2,1-2H3. The van der Waals surface area contributed by atoms with Crippen molar-refractivity contribution < 1.29 is 19.0 Å². The van der Waals surface area contributed by atoms with E-state index in [4.69, 9.17) is 19.9 Å². The minimum atomic E-state index is -0.432. The zero-order valence-electron chi connectivity index (χ0n) is 12.7. The second-order valence-corrected chi connectivity index (χ2v) is 5.14. The number of amides is 1. The van der Waals surface area contributed by atoms with Crippen LogP contribution in [-0.4, -0.2) is 70.6 Å². The first kappa shape index (κ1) is 17.4. The van der Waals surface area contributed by atoms with Gasteiger partial charge in [0.15, 0.2) is 0 Å². The predicted molar refractivity (Wildman–Crippen MR) is 76.5 cm³/mol. The van der Waals surface area contributed by atoms with Crippen molar-refractivity contribution in [3.63, 3.8) is 0 Å². The van der Waals surface area contributed by atoms with Gasteiger partial charge >= 0.3 is 0 Å². The maximum atomic E-state index is 12.5. The van der Waals surface area contributed by atoms with Gasteiger partial charge in [-0.1, -0.05) is 0 Å². The Morgan fingerprint density at radius 2 is 1.90 bits per heavy atom. The lowest BCUT2D eigenvalue weighted by atomic mass is 9.91. The monoisotopic (exact) mass is 288 g/mol. The van der Waals surface area contributed by atoms with Crippen molar-refractivity contribution in [2.75, 3.05) is 53.7 Å². The Morgan fingerprint density at radius 3 is 2.50 bits per heavy atom. The van der Waals surface area contributed by atoms with Gasteiger partial charge in [-0.25, -0.2) is 0 Å². The largest absolute Gasteiger partial charge is 0.385 e. The molecule has 0 spiro atoms. The maximum Gasteiger partial charge on any atom is 0.239 e. The van der Waals surface area contributed by atoms with E-state index < -0.39 is 6.04 Å². The Labute approximate surface area is 121 Å². The van der Waals surface area contributed by atoms with Crippen LogP contribution in [0.5, 0.6) is 0 Å². The topological polar surface area (TPSA) is 74.0 Å². The van der Waals surface area contributed by atoms with Gasteiger partial charge in [-0.3, -0.25) is 4.79 Å². The lowest BCUT2D eigenvalue weighted by molar-refractivity contribution is -0.135. The SMILES string of the molecule is COCCCN(CCOC)C(=O)C(N)C1CCOCC1. The van der Waals surface area contributed by atoms with Crippen molar-refractivity contribution in [2.45, 2.75) is 25.3 Å². The molecular formula is C14H28N2O4. The average Bonchev–Trinajstić information content (AvgIpc) is 2.50. The van der Waals surface area contributed by atoms with E-state index in [0.717, 1.165) is 19.3 Å². The Hall–Kier alpha value is -0.690. The number of carbonyl (C=O) groups is 1. The quantitative estimate of drug-likeness (QED) is 0.616. The Balaban J connectivity index is 2.50. The Morgan fingerprint density at radius 1 is 1.25 bits per heavy atom. The van der Waals surface area contributed by atoms with Crippen LogP contribution in [0.25, 0.3) is 0 Å². The van der Waals surface area contributed by atoms with Gasteiger partial charge < -0.3 is 24.8 Å². The molecule has 1 fully saturated rings. The number of nitrogens with two attached hydrogens (primary N) is 1. The first-order chi connectivity index (χ1) is 9.70. The fourth-order valence-corrected chi connectivity index (χ4v) is 2.42. The molecule has 0 bridgehead atoms. The van der Waals surface area contributed by atoms with Crippen molar-refractivity contribution in [1.82, 2.24) is 4.90 Å². The van der Waals surface area contributed by atoms with Gasteiger partial charge in [-0.2, -0.15) is 0 Å². The van der Waals surface area contributed by atoms with Crippen molar-refractivity contribution in [3.8, 4) is 0 Å². The summed E-state index contributed by atoms with van der Waals surface area (Å²) in [7, 11) is 3.30. The summed E-state index contributed by atoms with van der Waals surface area (Å²) in [5, 5.41) is 0. The van der Waals surface area contributed by atoms with Crippen molar-refractivity contribution >= 4 is 5.91 Å². The van der Waals surface area contributed by atoms with E-state index in [2.05, 4.69) is 0 Å². The van der Waals surface area contributed by atoms with Crippen LogP contribution in [0, 0.1) is 5.92 Å². The van der Waals surface area contributed by atoms with Crippen LogP contribution in [-0.2, 0) is 19.0 Å². The predicted octanol–water partition coefficient (Wildman–Crippen LogP) is 0.252. The third kappa shape index (κ3) is 5.75. The highest BCUT2D eigenvalue weighted by Crippen LogP contribution is 2.19. The molecule has 6 heteroatoms. The van der Waals surface area contributed by atoms with Crippen LogP contribution in [0.3, 0.4) is 0 Å². The molecule has 6 nitrogen and oxygen atoms in total. The third-order valence-electron chi connectivity index (χ3n) is 3.71. The lowest BCUT2D eigenvalue weighted by Gasteiger charge is -2.31. The maximum absolute atomic E-state index is 12.5. The molecule has 0 aromatic heterocycles. The number of hydrogen-bond acceptors (Lipinski definition) is 5. The molecule has 118 valence electrons. The highest BCUT2D eigenvalue weighted by molar-refractivity contribution is 5.82. The van der Waals surface area contributed by atoms with E-state index in [0.29, 0.717) is 39.5 Å². The molecule has 0 saturated carbocycles. The molecule has 2 N–H and O–H groups in total. The average molecular weight is 288 g/mol. The summed E-state index contributed by atoms with van der Waals surface area (Å²) in [4.78, 5) is 14.3. The first-order valence-electron chi connectivity index (χ1n) is 7.30. The van der Waals surface area contributed by atoms with Gasteiger partial charge in [-0.15, -0.1) is 0 Å². The molecule has 0 aromatic carbocycles. The van der Waals surface area contributed by atoms with Gasteiger partial charge in [0.05, 0.1) is 12.6 Å². The number of hydrogen-bond donors (Lipinski definition) is 1. The van der Waals surface area contributed by atoms with Crippen LogP contribution in [0.1, 0.15) is 19.3 Å². The first-order valence-corrected chi connectivity index (χ1v) is 7.30. The molecule has 1 aliphatic heterocycles. The molecular weight excluding hydrogens is 260 g/mol. The molecule has 1 aliphatic rings. The second kappa shape index (κ2) is 10.1. The highest BCUT2D eigenvalue weighted by Gasteiger charge is 2.29. The van der Waals surface area contributed by atoms with Crippen molar-refractivity contribution in [3.05, 3.63) is 0 Å². The number of rotatable bonds is 9. The van der Waals surface area contributed by atoms with E-state index in [9.17, 15) is 4.79 Å². The zero-order valence-corrected chi connectivity index (χ0v) is 12.7. The normalized spacial score (nSPS) is 17.9. The fraction of sp³-hybridized carbons (Fsp3) is 0.929. The molecule has 1 unspecified atom stereocenters. The van der Waals surface area contributed by atoms with Crippen LogP contribution in [0.4, 0.5) is 0 Å². The van der Waals surface area contributed by atoms with Gasteiger partial charge in [0, 0.05) is 47.1 Å². The summed E-state index contributed by atoms with van der Waals surface area (Å²) < 4.78 is 15.4. The van der Waals surface area contributed by atoms with Crippen molar-refractivity contribution in [1.29, 1.82) is 0 Å². The zero-order chi connectivity index (χ0) is 14.8. The summed E-state index contributed by atoms with van der Waals surface area (Å²) in [5.41, 5.74) is 6.15. The number of carbonyl (C=O) groups excluding carboxylic acids is 1.